The van der Waals surface area contributed by atoms with Gasteiger partial charge in [0.1, 0.15) is 0 Å². The summed E-state index contributed by atoms with van der Waals surface area (Å²) < 4.78 is 6.18. The van der Waals surface area contributed by atoms with Gasteiger partial charge in [-0.1, -0.05) is 78.1 Å². The van der Waals surface area contributed by atoms with Crippen molar-refractivity contribution in [2.75, 3.05) is 6.61 Å². The zero-order chi connectivity index (χ0) is 14.4. The van der Waals surface area contributed by atoms with Gasteiger partial charge in [0, 0.05) is 6.61 Å². The van der Waals surface area contributed by atoms with Crippen molar-refractivity contribution in [3.63, 3.8) is 0 Å². The highest BCUT2D eigenvalue weighted by atomic mass is 28.4. The van der Waals surface area contributed by atoms with Crippen molar-refractivity contribution in [2.24, 2.45) is 0 Å². The van der Waals surface area contributed by atoms with E-state index < -0.39 is 8.32 Å². The van der Waals surface area contributed by atoms with Gasteiger partial charge in [0.25, 0.3) is 0 Å². The molecule has 0 N–H and O–H groups in total. The Hall–Kier alpha value is 0.177. The predicted octanol–water partition coefficient (Wildman–Crippen LogP) is 6.54. The van der Waals surface area contributed by atoms with Crippen LogP contribution in [0.1, 0.15) is 84.5 Å². The monoisotopic (exact) mass is 286 g/mol. The molecule has 0 fully saturated rings. The summed E-state index contributed by atoms with van der Waals surface area (Å²) in [5, 5.41) is 0. The molecule has 0 aromatic heterocycles. The summed E-state index contributed by atoms with van der Waals surface area (Å²) in [6.45, 7) is 10.4. The number of hydrogen-bond donors (Lipinski definition) is 0. The lowest BCUT2D eigenvalue weighted by molar-refractivity contribution is 0.293. The maximum absolute atomic E-state index is 6.18. The van der Waals surface area contributed by atoms with Crippen LogP contribution in [0.3, 0.4) is 0 Å². The molecule has 0 amide bonds. The molecule has 116 valence electrons. The fraction of sp³-hybridized carbons (Fsp3) is 1.00. The lowest BCUT2D eigenvalue weighted by atomic mass is 10.1. The molecule has 0 atom stereocenters. The van der Waals surface area contributed by atoms with Gasteiger partial charge in [-0.15, -0.1) is 0 Å². The summed E-state index contributed by atoms with van der Waals surface area (Å²) in [4.78, 5) is 0. The predicted molar refractivity (Wildman–Crippen MR) is 90.4 cm³/mol. The Morgan fingerprint density at radius 3 is 1.68 bits per heavy atom. The molecule has 0 aromatic carbocycles. The molecule has 19 heavy (non-hydrogen) atoms. The Balaban J connectivity index is 3.36. The molecule has 0 aliphatic rings. The zero-order valence-corrected chi connectivity index (χ0v) is 15.1. The molecule has 0 aromatic rings. The smallest absolute Gasteiger partial charge is 0.186 e. The van der Waals surface area contributed by atoms with E-state index in [4.69, 9.17) is 4.43 Å². The maximum Gasteiger partial charge on any atom is 0.186 e. The number of hydrogen-bond acceptors (Lipinski definition) is 1. The number of unbranched alkanes of at least 4 members (excludes halogenated alkanes) is 9. The second kappa shape index (κ2) is 13.2. The van der Waals surface area contributed by atoms with Crippen LogP contribution in [0.25, 0.3) is 0 Å². The van der Waals surface area contributed by atoms with Crippen molar-refractivity contribution in [1.29, 1.82) is 0 Å². The van der Waals surface area contributed by atoms with Gasteiger partial charge < -0.3 is 4.43 Å². The highest BCUT2D eigenvalue weighted by Crippen LogP contribution is 2.18. The van der Waals surface area contributed by atoms with E-state index in [1.54, 1.807) is 0 Å². The van der Waals surface area contributed by atoms with Gasteiger partial charge in [0.15, 0.2) is 8.32 Å². The standard InChI is InChI=1S/C17H38OSi/c1-5-7-9-11-13-15-17-19(3,4)18-16-14-12-10-8-6-2/h5-17H2,1-4H3. The normalized spacial score (nSPS) is 12.0. The van der Waals surface area contributed by atoms with Gasteiger partial charge in [0.05, 0.1) is 0 Å². The van der Waals surface area contributed by atoms with Crippen molar-refractivity contribution < 1.29 is 4.43 Å². The highest BCUT2D eigenvalue weighted by molar-refractivity contribution is 6.71. The van der Waals surface area contributed by atoms with Crippen LogP contribution in [0.4, 0.5) is 0 Å². The van der Waals surface area contributed by atoms with Gasteiger partial charge in [-0.25, -0.2) is 0 Å². The summed E-state index contributed by atoms with van der Waals surface area (Å²) in [6, 6.07) is 1.36. The Bertz CT molecular complexity index is 162. The van der Waals surface area contributed by atoms with Crippen LogP contribution < -0.4 is 0 Å². The second-order valence-electron chi connectivity index (χ2n) is 6.54. The number of rotatable bonds is 14. The molecule has 0 aliphatic heterocycles. The summed E-state index contributed by atoms with van der Waals surface area (Å²) in [7, 11) is -1.34. The summed E-state index contributed by atoms with van der Waals surface area (Å²) >= 11 is 0. The van der Waals surface area contributed by atoms with Crippen LogP contribution in [0.5, 0.6) is 0 Å². The average Bonchev–Trinajstić information content (AvgIpc) is 2.38. The zero-order valence-electron chi connectivity index (χ0n) is 14.1. The molecule has 0 aliphatic carbocycles. The van der Waals surface area contributed by atoms with Gasteiger partial charge in [-0.2, -0.15) is 0 Å². The molecule has 0 unspecified atom stereocenters. The molecule has 0 saturated heterocycles. The Morgan fingerprint density at radius 2 is 1.11 bits per heavy atom. The fourth-order valence-corrected chi connectivity index (χ4v) is 4.40. The minimum Gasteiger partial charge on any atom is -0.417 e. The van der Waals surface area contributed by atoms with Crippen molar-refractivity contribution in [1.82, 2.24) is 0 Å². The SMILES string of the molecule is CCCCCCCC[Si](C)(C)OCCCCCCC. The van der Waals surface area contributed by atoms with Crippen molar-refractivity contribution in [3.05, 3.63) is 0 Å². The lowest BCUT2D eigenvalue weighted by Crippen LogP contribution is -2.30. The molecular weight excluding hydrogens is 248 g/mol. The largest absolute Gasteiger partial charge is 0.417 e. The molecule has 0 saturated carbocycles. The van der Waals surface area contributed by atoms with Crippen LogP contribution in [0.15, 0.2) is 0 Å². The van der Waals surface area contributed by atoms with E-state index in [1.807, 2.05) is 0 Å². The van der Waals surface area contributed by atoms with Crippen molar-refractivity contribution in [3.8, 4) is 0 Å². The minimum absolute atomic E-state index is 1.01. The molecule has 0 rings (SSSR count). The summed E-state index contributed by atoms with van der Waals surface area (Å²) in [5.74, 6) is 0. The molecule has 2 heteroatoms. The summed E-state index contributed by atoms with van der Waals surface area (Å²) in [6.07, 6.45) is 15.1. The van der Waals surface area contributed by atoms with Gasteiger partial charge in [0.2, 0.25) is 0 Å². The molecule has 0 radical (unpaired) electrons. The Kier molecular flexibility index (Phi) is 13.3. The molecule has 0 bridgehead atoms. The Labute approximate surface area is 123 Å². The lowest BCUT2D eigenvalue weighted by Gasteiger charge is -2.22. The average molecular weight is 287 g/mol. The Morgan fingerprint density at radius 1 is 0.632 bits per heavy atom. The third-order valence-electron chi connectivity index (χ3n) is 3.87. The summed E-state index contributed by atoms with van der Waals surface area (Å²) in [5.41, 5.74) is 0. The molecule has 1 nitrogen and oxygen atoms in total. The highest BCUT2D eigenvalue weighted by Gasteiger charge is 2.21. The molecule has 0 heterocycles. The van der Waals surface area contributed by atoms with Crippen LogP contribution in [-0.4, -0.2) is 14.9 Å². The molecular formula is C17H38OSi. The van der Waals surface area contributed by atoms with Gasteiger partial charge in [-0.05, 0) is 25.6 Å². The topological polar surface area (TPSA) is 9.23 Å². The van der Waals surface area contributed by atoms with Crippen molar-refractivity contribution >= 4 is 8.32 Å². The van der Waals surface area contributed by atoms with E-state index >= 15 is 0 Å². The van der Waals surface area contributed by atoms with E-state index in [0.717, 1.165) is 6.61 Å². The van der Waals surface area contributed by atoms with Gasteiger partial charge >= 0.3 is 0 Å². The quantitative estimate of drug-likeness (QED) is 0.260. The van der Waals surface area contributed by atoms with Crippen LogP contribution in [-0.2, 0) is 4.43 Å². The van der Waals surface area contributed by atoms with E-state index in [0.29, 0.717) is 0 Å². The molecule has 0 spiro atoms. The van der Waals surface area contributed by atoms with E-state index in [2.05, 4.69) is 26.9 Å². The van der Waals surface area contributed by atoms with Crippen LogP contribution in [0.2, 0.25) is 19.1 Å². The first-order chi connectivity index (χ1) is 9.12. The van der Waals surface area contributed by atoms with Crippen molar-refractivity contribution in [2.45, 2.75) is 104 Å². The van der Waals surface area contributed by atoms with E-state index in [1.165, 1.54) is 76.7 Å². The second-order valence-corrected chi connectivity index (χ2v) is 10.8. The third kappa shape index (κ3) is 14.4. The van der Waals surface area contributed by atoms with E-state index in [9.17, 15) is 0 Å². The first-order valence-corrected chi connectivity index (χ1v) is 11.9. The van der Waals surface area contributed by atoms with Crippen LogP contribution in [0, 0.1) is 0 Å². The third-order valence-corrected chi connectivity index (χ3v) is 6.42. The first-order valence-electron chi connectivity index (χ1n) is 8.76. The minimum atomic E-state index is -1.34. The fourth-order valence-electron chi connectivity index (χ4n) is 2.46. The van der Waals surface area contributed by atoms with Crippen LogP contribution >= 0.6 is 0 Å². The first kappa shape index (κ1) is 19.2. The van der Waals surface area contributed by atoms with Gasteiger partial charge in [-0.3, -0.25) is 0 Å². The maximum atomic E-state index is 6.18. The van der Waals surface area contributed by atoms with E-state index in [-0.39, 0.29) is 0 Å².